The minimum absolute atomic E-state index is 0.0667. The monoisotopic (exact) mass is 281 g/mol. The molecule has 0 N–H and O–H groups in total. The van der Waals surface area contributed by atoms with Gasteiger partial charge < -0.3 is 9.64 Å². The average Bonchev–Trinajstić information content (AvgIpc) is 2.35. The summed E-state index contributed by atoms with van der Waals surface area (Å²) in [5, 5.41) is 11.1. The van der Waals surface area contributed by atoms with Gasteiger partial charge in [0.2, 0.25) is 5.82 Å². The second-order valence-electron chi connectivity index (χ2n) is 4.58. The van der Waals surface area contributed by atoms with Gasteiger partial charge in [0.05, 0.1) is 11.5 Å². The van der Waals surface area contributed by atoms with Crippen molar-refractivity contribution >= 4 is 17.5 Å². The molecular weight excluding hydrogens is 262 g/mol. The second kappa shape index (κ2) is 6.83. The van der Waals surface area contributed by atoms with E-state index in [1.807, 2.05) is 13.8 Å². The van der Waals surface area contributed by atoms with Crippen molar-refractivity contribution in [3.05, 3.63) is 27.9 Å². The molecule has 20 heavy (non-hydrogen) atoms. The van der Waals surface area contributed by atoms with Crippen molar-refractivity contribution in [2.75, 3.05) is 18.1 Å². The van der Waals surface area contributed by atoms with E-state index in [1.165, 1.54) is 6.07 Å². The van der Waals surface area contributed by atoms with Gasteiger partial charge in [-0.2, -0.15) is 0 Å². The van der Waals surface area contributed by atoms with Gasteiger partial charge in [0.1, 0.15) is 6.54 Å². The molecule has 1 aromatic heterocycles. The Kier molecular flexibility index (Phi) is 5.42. The number of hydrogen-bond donors (Lipinski definition) is 0. The zero-order valence-electron chi connectivity index (χ0n) is 12.1. The molecule has 0 unspecified atom stereocenters. The fourth-order valence-corrected chi connectivity index (χ4v) is 1.74. The number of hydrogen-bond acceptors (Lipinski definition) is 6. The van der Waals surface area contributed by atoms with Gasteiger partial charge >= 0.3 is 11.7 Å². The Bertz CT molecular complexity index is 502. The molecule has 0 amide bonds. The number of aromatic nitrogens is 1. The van der Waals surface area contributed by atoms with Gasteiger partial charge in [-0.15, -0.1) is 0 Å². The minimum atomic E-state index is -0.498. The number of carbonyl (C=O) groups excluding carboxylic acids is 1. The summed E-state index contributed by atoms with van der Waals surface area (Å²) in [6, 6.07) is 2.86. The van der Waals surface area contributed by atoms with E-state index >= 15 is 0 Å². The Balaban J connectivity index is 3.17. The van der Waals surface area contributed by atoms with Crippen LogP contribution >= 0.6 is 0 Å². The van der Waals surface area contributed by atoms with E-state index in [-0.39, 0.29) is 30.7 Å². The highest BCUT2D eigenvalue weighted by Crippen LogP contribution is 2.27. The zero-order chi connectivity index (χ0) is 15.3. The van der Waals surface area contributed by atoms with E-state index < -0.39 is 10.9 Å². The predicted molar refractivity (Wildman–Crippen MR) is 74.7 cm³/mol. The number of rotatable bonds is 6. The maximum absolute atomic E-state index is 11.6. The molecule has 0 spiro atoms. The summed E-state index contributed by atoms with van der Waals surface area (Å²) in [6.07, 6.45) is 0. The van der Waals surface area contributed by atoms with Gasteiger partial charge in [0.15, 0.2) is 0 Å². The Hall–Kier alpha value is -2.18. The lowest BCUT2D eigenvalue weighted by Crippen LogP contribution is -2.37. The van der Waals surface area contributed by atoms with Crippen LogP contribution in [0.1, 0.15) is 26.5 Å². The minimum Gasteiger partial charge on any atom is -0.465 e. The third kappa shape index (κ3) is 3.91. The molecule has 0 fully saturated rings. The van der Waals surface area contributed by atoms with Crippen molar-refractivity contribution in [1.82, 2.24) is 4.98 Å². The van der Waals surface area contributed by atoms with E-state index in [4.69, 9.17) is 4.74 Å². The molecule has 0 aliphatic rings. The van der Waals surface area contributed by atoms with Crippen LogP contribution in [0.3, 0.4) is 0 Å². The number of anilines is 1. The van der Waals surface area contributed by atoms with E-state index in [9.17, 15) is 14.9 Å². The molecule has 0 bridgehead atoms. The van der Waals surface area contributed by atoms with Crippen LogP contribution in [0.25, 0.3) is 0 Å². The topological polar surface area (TPSA) is 85.6 Å². The zero-order valence-corrected chi connectivity index (χ0v) is 12.1. The quantitative estimate of drug-likeness (QED) is 0.451. The SMILES string of the molecule is CCOC(=O)CN(c1nc(C)ccc1[N+](=O)[O-])C(C)C. The Morgan fingerprint density at radius 1 is 1.50 bits per heavy atom. The Morgan fingerprint density at radius 2 is 2.15 bits per heavy atom. The van der Waals surface area contributed by atoms with Crippen molar-refractivity contribution < 1.29 is 14.5 Å². The molecule has 0 aliphatic carbocycles. The fraction of sp³-hybridized carbons (Fsp3) is 0.538. The summed E-state index contributed by atoms with van der Waals surface area (Å²) in [4.78, 5) is 28.0. The number of ether oxygens (including phenoxy) is 1. The molecule has 0 radical (unpaired) electrons. The molecule has 1 heterocycles. The third-order valence-electron chi connectivity index (χ3n) is 2.69. The average molecular weight is 281 g/mol. The second-order valence-corrected chi connectivity index (χ2v) is 4.58. The van der Waals surface area contributed by atoms with Crippen molar-refractivity contribution in [1.29, 1.82) is 0 Å². The normalized spacial score (nSPS) is 10.4. The molecule has 7 heteroatoms. The third-order valence-corrected chi connectivity index (χ3v) is 2.69. The Labute approximate surface area is 117 Å². The lowest BCUT2D eigenvalue weighted by atomic mass is 10.2. The molecule has 1 aromatic rings. The van der Waals surface area contributed by atoms with E-state index in [0.717, 1.165) is 0 Å². The van der Waals surface area contributed by atoms with Gasteiger partial charge in [0.25, 0.3) is 0 Å². The summed E-state index contributed by atoms with van der Waals surface area (Å²) < 4.78 is 4.90. The number of carbonyl (C=O) groups is 1. The summed E-state index contributed by atoms with van der Waals surface area (Å²) in [5.41, 5.74) is 0.536. The van der Waals surface area contributed by atoms with Crippen molar-refractivity contribution in [2.24, 2.45) is 0 Å². The number of aryl methyl sites for hydroxylation is 1. The molecule has 0 saturated heterocycles. The van der Waals surface area contributed by atoms with Crippen LogP contribution in [0.4, 0.5) is 11.5 Å². The van der Waals surface area contributed by atoms with E-state index in [1.54, 1.807) is 24.8 Å². The lowest BCUT2D eigenvalue weighted by Gasteiger charge is -2.26. The van der Waals surface area contributed by atoms with Crippen LogP contribution in [0.5, 0.6) is 0 Å². The van der Waals surface area contributed by atoms with Crippen LogP contribution in [0, 0.1) is 17.0 Å². The first kappa shape index (κ1) is 15.9. The Morgan fingerprint density at radius 3 is 2.65 bits per heavy atom. The van der Waals surface area contributed by atoms with Crippen LogP contribution < -0.4 is 4.90 Å². The smallest absolute Gasteiger partial charge is 0.325 e. The van der Waals surface area contributed by atoms with Crippen LogP contribution in [-0.4, -0.2) is 35.1 Å². The van der Waals surface area contributed by atoms with Crippen LogP contribution in [-0.2, 0) is 9.53 Å². The summed E-state index contributed by atoms with van der Waals surface area (Å²) in [6.45, 7) is 7.35. The molecule has 0 atom stereocenters. The van der Waals surface area contributed by atoms with Crippen LogP contribution in [0.2, 0.25) is 0 Å². The largest absolute Gasteiger partial charge is 0.465 e. The van der Waals surface area contributed by atoms with Gasteiger partial charge in [-0.05, 0) is 33.8 Å². The summed E-state index contributed by atoms with van der Waals surface area (Å²) >= 11 is 0. The van der Waals surface area contributed by atoms with Gasteiger partial charge in [-0.3, -0.25) is 14.9 Å². The van der Waals surface area contributed by atoms with Crippen LogP contribution in [0.15, 0.2) is 12.1 Å². The first-order valence-corrected chi connectivity index (χ1v) is 6.41. The number of nitro groups is 1. The molecule has 0 saturated carbocycles. The first-order valence-electron chi connectivity index (χ1n) is 6.41. The highest BCUT2D eigenvalue weighted by Gasteiger charge is 2.25. The van der Waals surface area contributed by atoms with E-state index in [0.29, 0.717) is 5.69 Å². The maximum Gasteiger partial charge on any atom is 0.325 e. The maximum atomic E-state index is 11.6. The van der Waals surface area contributed by atoms with Crippen molar-refractivity contribution in [3.8, 4) is 0 Å². The number of esters is 1. The van der Waals surface area contributed by atoms with E-state index in [2.05, 4.69) is 4.98 Å². The number of nitrogens with zero attached hydrogens (tertiary/aromatic N) is 3. The molecular formula is C13H19N3O4. The lowest BCUT2D eigenvalue weighted by molar-refractivity contribution is -0.384. The predicted octanol–water partition coefficient (Wildman–Crippen LogP) is 2.08. The van der Waals surface area contributed by atoms with Crippen molar-refractivity contribution in [3.63, 3.8) is 0 Å². The van der Waals surface area contributed by atoms with Gasteiger partial charge in [-0.1, -0.05) is 0 Å². The van der Waals surface area contributed by atoms with Gasteiger partial charge in [-0.25, -0.2) is 4.98 Å². The number of pyridine rings is 1. The summed E-state index contributed by atoms with van der Waals surface area (Å²) in [7, 11) is 0. The van der Waals surface area contributed by atoms with Crippen molar-refractivity contribution in [2.45, 2.75) is 33.7 Å². The molecule has 0 aromatic carbocycles. The highest BCUT2D eigenvalue weighted by molar-refractivity contribution is 5.77. The molecule has 0 aliphatic heterocycles. The first-order chi connectivity index (χ1) is 9.36. The fourth-order valence-electron chi connectivity index (χ4n) is 1.74. The molecule has 7 nitrogen and oxygen atoms in total. The summed E-state index contributed by atoms with van der Waals surface area (Å²) in [5.74, 6) is -0.239. The van der Waals surface area contributed by atoms with Gasteiger partial charge in [0, 0.05) is 17.8 Å². The highest BCUT2D eigenvalue weighted by atomic mass is 16.6. The molecule has 110 valence electrons. The molecule has 1 rings (SSSR count). The standard InChI is InChI=1S/C13H19N3O4/c1-5-20-12(17)8-15(9(2)3)13-11(16(18)19)7-6-10(4)14-13/h6-7,9H,5,8H2,1-4H3.